The molecule has 0 N–H and O–H groups in total. The first-order valence-electron chi connectivity index (χ1n) is 3.46. The number of hydrogen-bond acceptors (Lipinski definition) is 4. The highest BCUT2D eigenvalue weighted by atomic mass is 79.9. The van der Waals surface area contributed by atoms with Gasteiger partial charge >= 0.3 is 11.9 Å². The van der Waals surface area contributed by atoms with Gasteiger partial charge in [-0.05, 0) is 12.8 Å². The SMILES string of the molecule is O=C(OBr)[C@H](Br)CC[C@H](Br)C(=O)OBr. The van der Waals surface area contributed by atoms with E-state index in [1.807, 2.05) is 0 Å². The Balaban J connectivity index is 3.82. The van der Waals surface area contributed by atoms with Gasteiger partial charge in [0.2, 0.25) is 0 Å². The molecule has 0 fully saturated rings. The van der Waals surface area contributed by atoms with E-state index in [4.69, 9.17) is 0 Å². The normalized spacial score (nSPS) is 14.3. The Hall–Kier alpha value is 0.860. The molecule has 82 valence electrons. The third-order valence-electron chi connectivity index (χ3n) is 1.34. The fraction of sp³-hybridized carbons (Fsp3) is 0.667. The van der Waals surface area contributed by atoms with Crippen LogP contribution in [0.15, 0.2) is 0 Å². The molecule has 0 saturated carbocycles. The Bertz CT molecular complexity index is 188. The number of carbonyl (C=O) groups is 2. The fourth-order valence-electron chi connectivity index (χ4n) is 0.625. The fourth-order valence-corrected chi connectivity index (χ4v) is 2.29. The van der Waals surface area contributed by atoms with Gasteiger partial charge in [0.25, 0.3) is 0 Å². The van der Waals surface area contributed by atoms with Crippen molar-refractivity contribution in [2.75, 3.05) is 0 Å². The van der Waals surface area contributed by atoms with Crippen LogP contribution in [-0.2, 0) is 17.2 Å². The molecular weight excluding hydrogens is 456 g/mol. The lowest BCUT2D eigenvalue weighted by Crippen LogP contribution is -2.19. The predicted octanol–water partition coefficient (Wildman–Crippen LogP) is 3.00. The highest BCUT2D eigenvalue weighted by Gasteiger charge is 2.21. The Kier molecular flexibility index (Phi) is 8.56. The van der Waals surface area contributed by atoms with Crippen molar-refractivity contribution in [2.45, 2.75) is 22.5 Å². The second-order valence-electron chi connectivity index (χ2n) is 2.30. The maximum absolute atomic E-state index is 10.9. The van der Waals surface area contributed by atoms with E-state index in [0.717, 1.165) is 0 Å². The van der Waals surface area contributed by atoms with Crippen molar-refractivity contribution in [3.05, 3.63) is 0 Å². The van der Waals surface area contributed by atoms with E-state index in [1.54, 1.807) is 0 Å². The first-order valence-corrected chi connectivity index (χ1v) is 6.58. The zero-order valence-corrected chi connectivity index (χ0v) is 13.1. The molecule has 0 aromatic rings. The zero-order chi connectivity index (χ0) is 11.1. The standard InChI is InChI=1S/C6H6Br4O4/c7-3(5(11)13-9)1-2-4(8)6(12)14-10/h3-4H,1-2H2/t3-,4+. The average Bonchev–Trinajstić information content (AvgIpc) is 2.22. The molecule has 0 aliphatic carbocycles. The van der Waals surface area contributed by atoms with Crippen LogP contribution in [0.1, 0.15) is 12.8 Å². The Morgan fingerprint density at radius 1 is 0.929 bits per heavy atom. The number of rotatable bonds is 5. The third kappa shape index (κ3) is 5.67. The van der Waals surface area contributed by atoms with Crippen LogP contribution in [-0.4, -0.2) is 21.6 Å². The summed E-state index contributed by atoms with van der Waals surface area (Å²) in [6, 6.07) is 0. The highest BCUT2D eigenvalue weighted by Crippen LogP contribution is 2.18. The van der Waals surface area contributed by atoms with Crippen LogP contribution in [0.5, 0.6) is 0 Å². The Labute approximate surface area is 115 Å². The van der Waals surface area contributed by atoms with E-state index in [2.05, 4.69) is 72.0 Å². The van der Waals surface area contributed by atoms with E-state index >= 15 is 0 Å². The summed E-state index contributed by atoms with van der Waals surface area (Å²) >= 11 is 11.4. The molecule has 4 nitrogen and oxygen atoms in total. The van der Waals surface area contributed by atoms with Crippen LogP contribution in [0.2, 0.25) is 0 Å². The largest absolute Gasteiger partial charge is 0.383 e. The second-order valence-corrected chi connectivity index (χ2v) is 5.16. The molecule has 0 spiro atoms. The summed E-state index contributed by atoms with van der Waals surface area (Å²) in [6.07, 6.45) is 0.922. The van der Waals surface area contributed by atoms with Crippen LogP contribution in [0.3, 0.4) is 0 Å². The number of hydrogen-bond donors (Lipinski definition) is 0. The van der Waals surface area contributed by atoms with Crippen molar-refractivity contribution in [1.82, 2.24) is 0 Å². The summed E-state index contributed by atoms with van der Waals surface area (Å²) in [5.41, 5.74) is 0. The molecule has 0 rings (SSSR count). The van der Waals surface area contributed by atoms with Gasteiger partial charge in [-0.3, -0.25) is 0 Å². The van der Waals surface area contributed by atoms with Crippen LogP contribution < -0.4 is 0 Å². The summed E-state index contributed by atoms with van der Waals surface area (Å²) < 4.78 is 8.63. The van der Waals surface area contributed by atoms with Crippen molar-refractivity contribution in [1.29, 1.82) is 0 Å². The first-order chi connectivity index (χ1) is 6.52. The molecule has 14 heavy (non-hydrogen) atoms. The van der Waals surface area contributed by atoms with E-state index in [0.29, 0.717) is 12.8 Å². The predicted molar refractivity (Wildman–Crippen MR) is 64.7 cm³/mol. The van der Waals surface area contributed by atoms with Gasteiger partial charge in [0.15, 0.2) is 32.5 Å². The lowest BCUT2D eigenvalue weighted by molar-refractivity contribution is -0.133. The highest BCUT2D eigenvalue weighted by molar-refractivity contribution is 9.10. The lowest BCUT2D eigenvalue weighted by Gasteiger charge is -2.08. The van der Waals surface area contributed by atoms with Crippen molar-refractivity contribution >= 4 is 76.3 Å². The minimum atomic E-state index is -0.440. The van der Waals surface area contributed by atoms with Gasteiger partial charge in [-0.2, -0.15) is 0 Å². The minimum Gasteiger partial charge on any atom is -0.383 e. The Morgan fingerprint density at radius 2 is 1.21 bits per heavy atom. The lowest BCUT2D eigenvalue weighted by atomic mass is 10.2. The quantitative estimate of drug-likeness (QED) is 0.591. The summed E-state index contributed by atoms with van der Waals surface area (Å²) in [4.78, 5) is 20.9. The maximum atomic E-state index is 10.9. The van der Waals surface area contributed by atoms with Gasteiger partial charge in [-0.1, -0.05) is 31.9 Å². The van der Waals surface area contributed by atoms with Crippen molar-refractivity contribution < 1.29 is 17.2 Å². The van der Waals surface area contributed by atoms with E-state index < -0.39 is 21.6 Å². The molecule has 8 heteroatoms. The van der Waals surface area contributed by atoms with Crippen molar-refractivity contribution in [2.24, 2.45) is 0 Å². The second kappa shape index (κ2) is 8.06. The van der Waals surface area contributed by atoms with Crippen LogP contribution in [0.25, 0.3) is 0 Å². The Morgan fingerprint density at radius 3 is 1.43 bits per heavy atom. The van der Waals surface area contributed by atoms with E-state index in [1.165, 1.54) is 0 Å². The van der Waals surface area contributed by atoms with E-state index in [-0.39, 0.29) is 0 Å². The summed E-state index contributed by atoms with van der Waals surface area (Å²) in [5.74, 6) is -0.867. The van der Waals surface area contributed by atoms with Gasteiger partial charge in [0.05, 0.1) is 0 Å². The van der Waals surface area contributed by atoms with Crippen LogP contribution in [0.4, 0.5) is 0 Å². The molecule has 0 aliphatic heterocycles. The van der Waals surface area contributed by atoms with Crippen molar-refractivity contribution in [3.8, 4) is 0 Å². The summed E-state index contributed by atoms with van der Waals surface area (Å²) in [6.45, 7) is 0. The first kappa shape index (κ1) is 14.9. The molecule has 0 aliphatic rings. The minimum absolute atomic E-state index is 0.433. The van der Waals surface area contributed by atoms with Gasteiger partial charge < -0.3 is 7.66 Å². The molecule has 0 aromatic heterocycles. The number of carbonyl (C=O) groups excluding carboxylic acids is 2. The van der Waals surface area contributed by atoms with Crippen molar-refractivity contribution in [3.63, 3.8) is 0 Å². The average molecular weight is 462 g/mol. The maximum Gasteiger partial charge on any atom is 0.331 e. The molecule has 0 radical (unpaired) electrons. The van der Waals surface area contributed by atoms with Gasteiger partial charge in [-0.15, -0.1) is 0 Å². The van der Waals surface area contributed by atoms with E-state index in [9.17, 15) is 9.59 Å². The molecule has 0 saturated heterocycles. The topological polar surface area (TPSA) is 52.6 Å². The monoisotopic (exact) mass is 458 g/mol. The number of alkyl halides is 2. The summed E-state index contributed by atoms with van der Waals surface area (Å²) in [5, 5.41) is 0. The van der Waals surface area contributed by atoms with Gasteiger partial charge in [0, 0.05) is 0 Å². The molecule has 0 bridgehead atoms. The molecule has 0 unspecified atom stereocenters. The molecule has 0 heterocycles. The summed E-state index contributed by atoms with van der Waals surface area (Å²) in [7, 11) is 0. The molecule has 0 amide bonds. The molecule has 0 aromatic carbocycles. The van der Waals surface area contributed by atoms with Gasteiger partial charge in [-0.25, -0.2) is 9.59 Å². The smallest absolute Gasteiger partial charge is 0.331 e. The zero-order valence-electron chi connectivity index (χ0n) is 6.71. The third-order valence-corrected chi connectivity index (χ3v) is 3.64. The van der Waals surface area contributed by atoms with Gasteiger partial charge in [0.1, 0.15) is 9.65 Å². The number of halogens is 4. The van der Waals surface area contributed by atoms with Crippen LogP contribution >= 0.6 is 64.4 Å². The molecular formula is C6H6Br4O4. The van der Waals surface area contributed by atoms with Crippen LogP contribution in [0, 0.1) is 0 Å². The molecule has 2 atom stereocenters.